The summed E-state index contributed by atoms with van der Waals surface area (Å²) >= 11 is 0. The average Bonchev–Trinajstić information content (AvgIpc) is 2.88. The molecule has 0 aromatic heterocycles. The van der Waals surface area contributed by atoms with Crippen LogP contribution in [0.2, 0.25) is 0 Å². The first-order valence-electron chi connectivity index (χ1n) is 8.17. The normalized spacial score (nSPS) is 24.2. The molecule has 1 N–H and O–H groups in total. The SMILES string of the molecule is C=C(/C=C1/CCOCc2ccccc21)CN1CCC[C@H]1CO. The van der Waals surface area contributed by atoms with E-state index in [1.54, 1.807) is 0 Å². The Labute approximate surface area is 132 Å². The Morgan fingerprint density at radius 3 is 3.14 bits per heavy atom. The zero-order chi connectivity index (χ0) is 15.4. The summed E-state index contributed by atoms with van der Waals surface area (Å²) in [6.45, 7) is 7.86. The largest absolute Gasteiger partial charge is 0.395 e. The van der Waals surface area contributed by atoms with Crippen LogP contribution in [0.1, 0.15) is 30.4 Å². The second kappa shape index (κ2) is 7.23. The Kier molecular flexibility index (Phi) is 5.08. The fourth-order valence-corrected chi connectivity index (χ4v) is 3.47. The highest BCUT2D eigenvalue weighted by Gasteiger charge is 2.23. The van der Waals surface area contributed by atoms with Gasteiger partial charge in [-0.2, -0.15) is 0 Å². The van der Waals surface area contributed by atoms with Crippen LogP contribution in [0.5, 0.6) is 0 Å². The molecular weight excluding hydrogens is 274 g/mol. The van der Waals surface area contributed by atoms with Crippen molar-refractivity contribution in [1.29, 1.82) is 0 Å². The number of ether oxygens (including phenoxy) is 1. The van der Waals surface area contributed by atoms with Gasteiger partial charge in [-0.25, -0.2) is 0 Å². The molecule has 1 aromatic rings. The van der Waals surface area contributed by atoms with Crippen molar-refractivity contribution >= 4 is 5.57 Å². The molecule has 3 heteroatoms. The highest BCUT2D eigenvalue weighted by Crippen LogP contribution is 2.28. The highest BCUT2D eigenvalue weighted by molar-refractivity contribution is 5.71. The maximum atomic E-state index is 9.43. The molecule has 0 bridgehead atoms. The molecule has 0 radical (unpaired) electrons. The highest BCUT2D eigenvalue weighted by atomic mass is 16.5. The van der Waals surface area contributed by atoms with Crippen molar-refractivity contribution in [1.82, 2.24) is 4.90 Å². The van der Waals surface area contributed by atoms with Gasteiger partial charge < -0.3 is 9.84 Å². The fraction of sp³-hybridized carbons (Fsp3) is 0.474. The summed E-state index contributed by atoms with van der Waals surface area (Å²) in [5.74, 6) is 0. The summed E-state index contributed by atoms with van der Waals surface area (Å²) < 4.78 is 5.69. The van der Waals surface area contributed by atoms with E-state index in [2.05, 4.69) is 41.8 Å². The molecule has 118 valence electrons. The summed E-state index contributed by atoms with van der Waals surface area (Å²) in [7, 11) is 0. The van der Waals surface area contributed by atoms with E-state index < -0.39 is 0 Å². The van der Waals surface area contributed by atoms with Crippen LogP contribution in [0, 0.1) is 0 Å². The number of hydrogen-bond acceptors (Lipinski definition) is 3. The van der Waals surface area contributed by atoms with Gasteiger partial charge in [0.2, 0.25) is 0 Å². The Balaban J connectivity index is 1.75. The molecule has 1 atom stereocenters. The van der Waals surface area contributed by atoms with E-state index in [4.69, 9.17) is 4.74 Å². The van der Waals surface area contributed by atoms with E-state index in [9.17, 15) is 5.11 Å². The summed E-state index contributed by atoms with van der Waals surface area (Å²) in [5.41, 5.74) is 4.99. The monoisotopic (exact) mass is 299 g/mol. The van der Waals surface area contributed by atoms with Crippen molar-refractivity contribution in [2.75, 3.05) is 26.3 Å². The number of aliphatic hydroxyl groups excluding tert-OH is 1. The lowest BCUT2D eigenvalue weighted by Crippen LogP contribution is -2.33. The van der Waals surface area contributed by atoms with Gasteiger partial charge in [0, 0.05) is 12.6 Å². The second-order valence-electron chi connectivity index (χ2n) is 6.24. The lowest BCUT2D eigenvalue weighted by atomic mass is 9.97. The molecule has 1 saturated heterocycles. The summed E-state index contributed by atoms with van der Waals surface area (Å²) in [4.78, 5) is 2.35. The minimum Gasteiger partial charge on any atom is -0.395 e. The second-order valence-corrected chi connectivity index (χ2v) is 6.24. The van der Waals surface area contributed by atoms with Crippen LogP contribution >= 0.6 is 0 Å². The van der Waals surface area contributed by atoms with Gasteiger partial charge in [0.15, 0.2) is 0 Å². The molecule has 0 unspecified atom stereocenters. The zero-order valence-corrected chi connectivity index (χ0v) is 13.1. The van der Waals surface area contributed by atoms with E-state index in [0.717, 1.165) is 38.1 Å². The number of nitrogens with zero attached hydrogens (tertiary/aromatic N) is 1. The Morgan fingerprint density at radius 1 is 1.41 bits per heavy atom. The van der Waals surface area contributed by atoms with Gasteiger partial charge in [-0.15, -0.1) is 0 Å². The van der Waals surface area contributed by atoms with Gasteiger partial charge in [-0.1, -0.05) is 36.9 Å². The molecule has 0 saturated carbocycles. The van der Waals surface area contributed by atoms with Gasteiger partial charge in [-0.05, 0) is 48.1 Å². The number of fused-ring (bicyclic) bond motifs is 1. The molecule has 3 nitrogen and oxygen atoms in total. The van der Waals surface area contributed by atoms with Crippen LogP contribution in [-0.2, 0) is 11.3 Å². The summed E-state index contributed by atoms with van der Waals surface area (Å²) in [6.07, 6.45) is 5.42. The molecular formula is C19H25NO2. The van der Waals surface area contributed by atoms with Crippen molar-refractivity contribution in [3.63, 3.8) is 0 Å². The van der Waals surface area contributed by atoms with Crippen LogP contribution in [0.15, 0.2) is 42.5 Å². The third-order valence-corrected chi connectivity index (χ3v) is 4.63. The van der Waals surface area contributed by atoms with Crippen molar-refractivity contribution in [3.05, 3.63) is 53.6 Å². The first-order chi connectivity index (χ1) is 10.8. The van der Waals surface area contributed by atoms with Crippen molar-refractivity contribution in [3.8, 4) is 0 Å². The molecule has 0 aliphatic carbocycles. The molecule has 2 aliphatic rings. The predicted octanol–water partition coefficient (Wildman–Crippen LogP) is 3.00. The minimum absolute atomic E-state index is 0.251. The summed E-state index contributed by atoms with van der Waals surface area (Å²) in [6, 6.07) is 8.77. The van der Waals surface area contributed by atoms with Gasteiger partial charge in [-0.3, -0.25) is 4.90 Å². The molecule has 22 heavy (non-hydrogen) atoms. The quantitative estimate of drug-likeness (QED) is 0.927. The van der Waals surface area contributed by atoms with Crippen LogP contribution in [-0.4, -0.2) is 42.4 Å². The first-order valence-corrected chi connectivity index (χ1v) is 8.17. The lowest BCUT2D eigenvalue weighted by Gasteiger charge is -2.23. The lowest BCUT2D eigenvalue weighted by molar-refractivity contribution is 0.130. The Hall–Kier alpha value is -1.42. The minimum atomic E-state index is 0.251. The van der Waals surface area contributed by atoms with Crippen LogP contribution in [0.4, 0.5) is 0 Å². The summed E-state index contributed by atoms with van der Waals surface area (Å²) in [5, 5.41) is 9.43. The fourth-order valence-electron chi connectivity index (χ4n) is 3.47. The predicted molar refractivity (Wildman–Crippen MR) is 89.5 cm³/mol. The third kappa shape index (κ3) is 3.49. The van der Waals surface area contributed by atoms with Crippen molar-refractivity contribution < 1.29 is 9.84 Å². The zero-order valence-electron chi connectivity index (χ0n) is 13.1. The first kappa shape index (κ1) is 15.5. The van der Waals surface area contributed by atoms with Gasteiger partial charge in [0.1, 0.15) is 0 Å². The number of benzene rings is 1. The van der Waals surface area contributed by atoms with Crippen LogP contribution in [0.3, 0.4) is 0 Å². The van der Waals surface area contributed by atoms with Crippen molar-refractivity contribution in [2.45, 2.75) is 31.9 Å². The van der Waals surface area contributed by atoms with E-state index >= 15 is 0 Å². The molecule has 2 heterocycles. The topological polar surface area (TPSA) is 32.7 Å². The molecule has 2 aliphatic heterocycles. The number of aliphatic hydroxyl groups is 1. The standard InChI is InChI=1S/C19H25NO2/c1-15(12-20-9-4-6-18(20)13-21)11-16-8-10-22-14-17-5-2-3-7-19(16)17/h2-3,5,7,11,18,21H,1,4,6,8-10,12-14H2/b16-11-/t18-/m0/s1. The number of rotatable bonds is 4. The average molecular weight is 299 g/mol. The smallest absolute Gasteiger partial charge is 0.0722 e. The van der Waals surface area contributed by atoms with E-state index in [0.29, 0.717) is 12.6 Å². The van der Waals surface area contributed by atoms with Crippen LogP contribution in [0.25, 0.3) is 5.57 Å². The van der Waals surface area contributed by atoms with E-state index in [1.165, 1.54) is 23.1 Å². The van der Waals surface area contributed by atoms with E-state index in [-0.39, 0.29) is 6.61 Å². The van der Waals surface area contributed by atoms with Crippen LogP contribution < -0.4 is 0 Å². The Morgan fingerprint density at radius 2 is 2.27 bits per heavy atom. The molecule has 3 rings (SSSR count). The molecule has 1 aromatic carbocycles. The molecule has 0 amide bonds. The maximum absolute atomic E-state index is 9.43. The van der Waals surface area contributed by atoms with Gasteiger partial charge >= 0.3 is 0 Å². The number of hydrogen-bond donors (Lipinski definition) is 1. The van der Waals surface area contributed by atoms with Gasteiger partial charge in [0.05, 0.1) is 19.8 Å². The molecule has 1 fully saturated rings. The van der Waals surface area contributed by atoms with Gasteiger partial charge in [0.25, 0.3) is 0 Å². The Bertz CT molecular complexity index is 564. The number of likely N-dealkylation sites (tertiary alicyclic amines) is 1. The van der Waals surface area contributed by atoms with E-state index in [1.807, 2.05) is 0 Å². The van der Waals surface area contributed by atoms with Crippen molar-refractivity contribution in [2.24, 2.45) is 0 Å². The molecule has 0 spiro atoms. The maximum Gasteiger partial charge on any atom is 0.0722 e. The third-order valence-electron chi connectivity index (χ3n) is 4.63.